The minimum absolute atomic E-state index is 0.0389. The van der Waals surface area contributed by atoms with Crippen molar-refractivity contribution in [3.8, 4) is 17.2 Å². The summed E-state index contributed by atoms with van der Waals surface area (Å²) in [6.07, 6.45) is 3.21. The highest BCUT2D eigenvalue weighted by Crippen LogP contribution is 2.28. The first kappa shape index (κ1) is 23.3. The highest BCUT2D eigenvalue weighted by molar-refractivity contribution is 6.30. The van der Waals surface area contributed by atoms with Crippen molar-refractivity contribution in [2.24, 2.45) is 0 Å². The Morgan fingerprint density at radius 1 is 1.16 bits per heavy atom. The summed E-state index contributed by atoms with van der Waals surface area (Å²) in [5.74, 6) is -2.00. The Balaban J connectivity index is 1.42. The molecule has 0 spiro atoms. The number of halogens is 3. The summed E-state index contributed by atoms with van der Waals surface area (Å²) in [5.41, 5.74) is -0.0550. The fourth-order valence-electron chi connectivity index (χ4n) is 2.98. The number of carbonyl (C=O) groups excluding carboxylic acids is 2. The zero-order valence-corrected chi connectivity index (χ0v) is 18.0. The molecule has 1 aromatic heterocycles. The summed E-state index contributed by atoms with van der Waals surface area (Å²) in [6, 6.07) is 5.17. The quantitative estimate of drug-likeness (QED) is 0.550. The fourth-order valence-corrected chi connectivity index (χ4v) is 3.10. The van der Waals surface area contributed by atoms with Gasteiger partial charge in [0.05, 0.1) is 23.9 Å². The normalized spacial score (nSPS) is 17.0. The van der Waals surface area contributed by atoms with Crippen LogP contribution in [-0.2, 0) is 9.59 Å². The maximum atomic E-state index is 13.4. The Morgan fingerprint density at radius 2 is 1.84 bits per heavy atom. The Hall–Kier alpha value is -3.40. The van der Waals surface area contributed by atoms with E-state index in [2.05, 4.69) is 15.6 Å². The summed E-state index contributed by atoms with van der Waals surface area (Å²) in [6.45, 7) is 1.15. The largest absolute Gasteiger partial charge is 0.492 e. The highest BCUT2D eigenvalue weighted by Gasteiger charge is 2.34. The van der Waals surface area contributed by atoms with Gasteiger partial charge >= 0.3 is 0 Å². The van der Waals surface area contributed by atoms with Crippen molar-refractivity contribution in [1.82, 2.24) is 15.6 Å². The number of amides is 2. The third-order valence-corrected chi connectivity index (χ3v) is 4.71. The molecule has 1 atom stereocenters. The molecule has 0 fully saturated rings. The molecule has 8 nitrogen and oxygen atoms in total. The second kappa shape index (κ2) is 9.82. The predicted octanol–water partition coefficient (Wildman–Crippen LogP) is 2.76. The van der Waals surface area contributed by atoms with Crippen molar-refractivity contribution in [2.45, 2.75) is 18.9 Å². The maximum Gasteiger partial charge on any atom is 0.262 e. The number of ether oxygens (including phenoxy) is 3. The number of pyridine rings is 1. The molecular formula is C21H20ClF2N3O5. The van der Waals surface area contributed by atoms with Gasteiger partial charge < -0.3 is 24.8 Å². The number of carbonyl (C=O) groups is 2. The average Bonchev–Trinajstić information content (AvgIpc) is 2.73. The summed E-state index contributed by atoms with van der Waals surface area (Å²) < 4.78 is 42.0. The molecule has 11 heteroatoms. The number of methoxy groups -OCH3 is 1. The third kappa shape index (κ3) is 6.07. The van der Waals surface area contributed by atoms with Gasteiger partial charge in [0.2, 0.25) is 0 Å². The Bertz CT molecular complexity index is 1070. The van der Waals surface area contributed by atoms with Gasteiger partial charge in [0, 0.05) is 24.3 Å². The molecular weight excluding hydrogens is 448 g/mol. The molecule has 2 N–H and O–H groups in total. The summed E-state index contributed by atoms with van der Waals surface area (Å²) in [7, 11) is 1.29. The minimum Gasteiger partial charge on any atom is -0.492 e. The number of nitrogens with one attached hydrogen (secondary N) is 2. The molecule has 170 valence electrons. The van der Waals surface area contributed by atoms with E-state index in [4.69, 9.17) is 25.8 Å². The molecule has 3 rings (SSSR count). The first-order valence-electron chi connectivity index (χ1n) is 9.40. The number of hydrogen-bond donors (Lipinski definition) is 2. The van der Waals surface area contributed by atoms with E-state index in [1.807, 2.05) is 0 Å². The van der Waals surface area contributed by atoms with Crippen molar-refractivity contribution in [3.05, 3.63) is 59.0 Å². The lowest BCUT2D eigenvalue weighted by molar-refractivity contribution is -0.124. The van der Waals surface area contributed by atoms with E-state index < -0.39 is 29.1 Å². The van der Waals surface area contributed by atoms with Gasteiger partial charge in [-0.2, -0.15) is 4.39 Å². The van der Waals surface area contributed by atoms with Gasteiger partial charge in [0.25, 0.3) is 17.8 Å². The lowest BCUT2D eigenvalue weighted by atomic mass is 9.84. The highest BCUT2D eigenvalue weighted by atomic mass is 35.5. The first-order chi connectivity index (χ1) is 15.2. The van der Waals surface area contributed by atoms with E-state index in [9.17, 15) is 18.4 Å². The van der Waals surface area contributed by atoms with Crippen LogP contribution in [0.5, 0.6) is 17.2 Å². The number of benzene rings is 1. The van der Waals surface area contributed by atoms with Gasteiger partial charge in [-0.25, -0.2) is 9.37 Å². The average molecular weight is 468 g/mol. The maximum absolute atomic E-state index is 13.4. The number of nitrogens with zero attached hydrogens (tertiary/aromatic N) is 1. The number of aromatic nitrogens is 1. The van der Waals surface area contributed by atoms with Crippen LogP contribution in [0.2, 0.25) is 5.02 Å². The molecule has 2 aromatic rings. The molecule has 2 amide bonds. The third-order valence-electron chi connectivity index (χ3n) is 4.41. The molecule has 0 aliphatic heterocycles. The Morgan fingerprint density at radius 3 is 2.53 bits per heavy atom. The molecule has 0 saturated heterocycles. The van der Waals surface area contributed by atoms with Crippen LogP contribution in [0.25, 0.3) is 0 Å². The van der Waals surface area contributed by atoms with Gasteiger partial charge in [-0.15, -0.1) is 0 Å². The second-order valence-electron chi connectivity index (χ2n) is 7.18. The summed E-state index contributed by atoms with van der Waals surface area (Å²) in [5, 5.41) is 5.39. The molecule has 1 aliphatic rings. The molecule has 1 heterocycles. The molecule has 32 heavy (non-hydrogen) atoms. The molecule has 0 saturated carbocycles. The second-order valence-corrected chi connectivity index (χ2v) is 7.58. The van der Waals surface area contributed by atoms with Gasteiger partial charge in [0.15, 0.2) is 19.0 Å². The van der Waals surface area contributed by atoms with Crippen molar-refractivity contribution in [2.75, 3.05) is 20.3 Å². The molecule has 1 aromatic carbocycles. The number of hydrogen-bond acceptors (Lipinski definition) is 6. The van der Waals surface area contributed by atoms with Crippen molar-refractivity contribution < 1.29 is 32.6 Å². The van der Waals surface area contributed by atoms with Crippen LogP contribution in [-0.4, -0.2) is 42.7 Å². The summed E-state index contributed by atoms with van der Waals surface area (Å²) >= 11 is 5.60. The van der Waals surface area contributed by atoms with Crippen LogP contribution in [0.1, 0.15) is 13.3 Å². The Kier molecular flexibility index (Phi) is 7.14. The van der Waals surface area contributed by atoms with Gasteiger partial charge in [-0.1, -0.05) is 11.6 Å². The van der Waals surface area contributed by atoms with Crippen LogP contribution >= 0.6 is 11.6 Å². The van der Waals surface area contributed by atoms with Crippen molar-refractivity contribution in [1.29, 1.82) is 0 Å². The van der Waals surface area contributed by atoms with E-state index in [1.165, 1.54) is 25.3 Å². The SMILES string of the molecule is COc1cc(OCC(=O)NC2=CC(C)(NC(=O)COc3ccc(Cl)c(F)c3)C2)cnc1F. The van der Waals surface area contributed by atoms with E-state index in [0.717, 1.165) is 12.3 Å². The minimum atomic E-state index is -0.781. The lowest BCUT2D eigenvalue weighted by Crippen LogP contribution is -2.53. The van der Waals surface area contributed by atoms with Crippen LogP contribution in [0.15, 0.2) is 42.2 Å². The van der Waals surface area contributed by atoms with E-state index in [1.54, 1.807) is 13.0 Å². The standard InChI is InChI=1S/C21H20ClF2N3O5/c1-21(27-19(29)11-31-13-3-4-15(22)16(23)5-13)7-12(8-21)26-18(28)10-32-14-6-17(30-2)20(24)25-9-14/h3-7,9H,8,10-11H2,1-2H3,(H,26,28)(H,27,29). The van der Waals surface area contributed by atoms with Crippen LogP contribution in [0.3, 0.4) is 0 Å². The zero-order valence-electron chi connectivity index (χ0n) is 17.2. The predicted molar refractivity (Wildman–Crippen MR) is 111 cm³/mol. The Labute approximate surface area is 187 Å². The van der Waals surface area contributed by atoms with E-state index in [0.29, 0.717) is 12.1 Å². The summed E-state index contributed by atoms with van der Waals surface area (Å²) in [4.78, 5) is 27.6. The fraction of sp³-hybridized carbons (Fsp3) is 0.286. The van der Waals surface area contributed by atoms with Crippen molar-refractivity contribution in [3.63, 3.8) is 0 Å². The topological polar surface area (TPSA) is 98.8 Å². The molecule has 1 aliphatic carbocycles. The van der Waals surface area contributed by atoms with E-state index in [-0.39, 0.29) is 35.5 Å². The van der Waals surface area contributed by atoms with Crippen LogP contribution < -0.4 is 24.8 Å². The molecule has 0 radical (unpaired) electrons. The van der Waals surface area contributed by atoms with Gasteiger partial charge in [-0.3, -0.25) is 9.59 Å². The molecule has 1 unspecified atom stereocenters. The number of rotatable bonds is 9. The van der Waals surface area contributed by atoms with Crippen molar-refractivity contribution >= 4 is 23.4 Å². The first-order valence-corrected chi connectivity index (χ1v) is 9.78. The van der Waals surface area contributed by atoms with Gasteiger partial charge in [0.1, 0.15) is 17.3 Å². The smallest absolute Gasteiger partial charge is 0.262 e. The monoisotopic (exact) mass is 467 g/mol. The van der Waals surface area contributed by atoms with Crippen LogP contribution in [0, 0.1) is 11.8 Å². The lowest BCUT2D eigenvalue weighted by Gasteiger charge is -2.37. The van der Waals surface area contributed by atoms with E-state index >= 15 is 0 Å². The van der Waals surface area contributed by atoms with Gasteiger partial charge in [-0.05, 0) is 25.1 Å². The van der Waals surface area contributed by atoms with Crippen LogP contribution in [0.4, 0.5) is 8.78 Å². The molecule has 0 bridgehead atoms. The zero-order chi connectivity index (χ0) is 23.3.